The van der Waals surface area contributed by atoms with Crippen LogP contribution in [0.25, 0.3) is 0 Å². The van der Waals surface area contributed by atoms with Gasteiger partial charge >= 0.3 is 0 Å². The van der Waals surface area contributed by atoms with Crippen molar-refractivity contribution in [2.75, 3.05) is 24.6 Å². The minimum Gasteiger partial charge on any atom is -0.398 e. The van der Waals surface area contributed by atoms with E-state index in [0.29, 0.717) is 17.6 Å². The molecule has 104 valence electrons. The molecule has 19 heavy (non-hydrogen) atoms. The van der Waals surface area contributed by atoms with Crippen molar-refractivity contribution < 1.29 is 13.2 Å². The summed E-state index contributed by atoms with van der Waals surface area (Å²) in [6.45, 7) is 1.29. The first-order chi connectivity index (χ1) is 8.90. The molecule has 0 aromatic heterocycles. The lowest BCUT2D eigenvalue weighted by atomic mass is 10.3. The van der Waals surface area contributed by atoms with Gasteiger partial charge in [0.05, 0.1) is 10.6 Å². The second-order valence-corrected chi connectivity index (χ2v) is 7.40. The predicted molar refractivity (Wildman–Crippen MR) is 76.4 cm³/mol. The third-order valence-corrected chi connectivity index (χ3v) is 5.24. The number of anilines is 1. The number of benzene rings is 1. The molecule has 0 atom stereocenters. The summed E-state index contributed by atoms with van der Waals surface area (Å²) in [4.78, 5) is 13.5. The molecule has 7 heteroatoms. The van der Waals surface area contributed by atoms with Crippen LogP contribution >= 0.6 is 15.9 Å². The molecule has 0 radical (unpaired) electrons. The lowest BCUT2D eigenvalue weighted by Gasteiger charge is -2.15. The van der Waals surface area contributed by atoms with Gasteiger partial charge in [-0.1, -0.05) is 15.9 Å². The Labute approximate surface area is 120 Å². The number of carbonyl (C=O) groups excluding carboxylic acids is 1. The first-order valence-electron chi connectivity index (χ1n) is 5.96. The van der Waals surface area contributed by atoms with Crippen molar-refractivity contribution in [3.05, 3.63) is 22.7 Å². The Morgan fingerprint density at radius 1 is 1.32 bits per heavy atom. The number of likely N-dealkylation sites (tertiary alicyclic amines) is 1. The number of carbonyl (C=O) groups is 1. The number of nitrogens with two attached hydrogens (primary N) is 1. The largest absolute Gasteiger partial charge is 0.398 e. The van der Waals surface area contributed by atoms with Gasteiger partial charge < -0.3 is 10.6 Å². The van der Waals surface area contributed by atoms with E-state index in [9.17, 15) is 13.2 Å². The van der Waals surface area contributed by atoms with E-state index in [4.69, 9.17) is 5.73 Å². The van der Waals surface area contributed by atoms with Crippen LogP contribution in [0.5, 0.6) is 0 Å². The molecule has 1 fully saturated rings. The zero-order valence-corrected chi connectivity index (χ0v) is 12.7. The summed E-state index contributed by atoms with van der Waals surface area (Å²) < 4.78 is 25.1. The fourth-order valence-electron chi connectivity index (χ4n) is 2.10. The Balaban J connectivity index is 2.20. The van der Waals surface area contributed by atoms with Gasteiger partial charge in [0.25, 0.3) is 0 Å². The monoisotopic (exact) mass is 346 g/mol. The molecule has 0 bridgehead atoms. The SMILES string of the molecule is Nc1cc(Br)ccc1S(=O)(=O)CC(=O)N1CCCC1. The second-order valence-electron chi connectivity index (χ2n) is 4.53. The maximum Gasteiger partial charge on any atom is 0.238 e. The molecule has 2 N–H and O–H groups in total. The van der Waals surface area contributed by atoms with Gasteiger partial charge in [-0.3, -0.25) is 4.79 Å². The Morgan fingerprint density at radius 3 is 2.53 bits per heavy atom. The number of halogens is 1. The van der Waals surface area contributed by atoms with E-state index < -0.39 is 15.6 Å². The topological polar surface area (TPSA) is 80.5 Å². The average Bonchev–Trinajstić information content (AvgIpc) is 2.80. The molecule has 1 aliphatic rings. The molecular formula is C12H15BrN2O3S. The van der Waals surface area contributed by atoms with E-state index in [1.807, 2.05) is 0 Å². The maximum atomic E-state index is 12.2. The number of rotatable bonds is 3. The van der Waals surface area contributed by atoms with Crippen LogP contribution < -0.4 is 5.73 Å². The molecule has 5 nitrogen and oxygen atoms in total. The fourth-order valence-corrected chi connectivity index (χ4v) is 3.84. The van der Waals surface area contributed by atoms with Crippen molar-refractivity contribution in [3.63, 3.8) is 0 Å². The van der Waals surface area contributed by atoms with Gasteiger partial charge in [-0.15, -0.1) is 0 Å². The van der Waals surface area contributed by atoms with Crippen LogP contribution in [0, 0.1) is 0 Å². The van der Waals surface area contributed by atoms with E-state index >= 15 is 0 Å². The number of amides is 1. The molecule has 1 saturated heterocycles. The Morgan fingerprint density at radius 2 is 1.95 bits per heavy atom. The molecule has 0 aliphatic carbocycles. The Hall–Kier alpha value is -1.08. The minimum atomic E-state index is -3.68. The third-order valence-electron chi connectivity index (χ3n) is 3.08. The highest BCUT2D eigenvalue weighted by Crippen LogP contribution is 2.24. The van der Waals surface area contributed by atoms with E-state index in [1.165, 1.54) is 12.1 Å². The summed E-state index contributed by atoms with van der Waals surface area (Å²) in [5.41, 5.74) is 5.86. The molecular weight excluding hydrogens is 332 g/mol. The van der Waals surface area contributed by atoms with E-state index in [0.717, 1.165) is 12.8 Å². The number of hydrogen-bond donors (Lipinski definition) is 1. The molecule has 0 unspecified atom stereocenters. The summed E-state index contributed by atoms with van der Waals surface area (Å²) in [7, 11) is -3.68. The molecule has 1 heterocycles. The summed E-state index contributed by atoms with van der Waals surface area (Å²) in [5.74, 6) is -0.862. The summed E-state index contributed by atoms with van der Waals surface area (Å²) in [6.07, 6.45) is 1.87. The van der Waals surface area contributed by atoms with Crippen LogP contribution in [0.3, 0.4) is 0 Å². The predicted octanol–water partition coefficient (Wildman–Crippen LogP) is 1.43. The summed E-state index contributed by atoms with van der Waals surface area (Å²) in [5, 5.41) is 0. The highest BCUT2D eigenvalue weighted by atomic mass is 79.9. The second kappa shape index (κ2) is 5.50. The zero-order chi connectivity index (χ0) is 14.0. The van der Waals surface area contributed by atoms with Crippen molar-refractivity contribution in [3.8, 4) is 0 Å². The Kier molecular flexibility index (Phi) is 4.15. The van der Waals surface area contributed by atoms with Gasteiger partial charge in [0.1, 0.15) is 5.75 Å². The van der Waals surface area contributed by atoms with Gasteiger partial charge in [0.2, 0.25) is 5.91 Å². The van der Waals surface area contributed by atoms with Crippen LogP contribution in [0.2, 0.25) is 0 Å². The molecule has 1 aromatic rings. The minimum absolute atomic E-state index is 0.0169. The first kappa shape index (κ1) is 14.3. The summed E-state index contributed by atoms with van der Waals surface area (Å²) in [6, 6.07) is 4.54. The molecule has 0 saturated carbocycles. The Bertz CT molecular complexity index is 595. The third kappa shape index (κ3) is 3.27. The smallest absolute Gasteiger partial charge is 0.238 e. The average molecular weight is 347 g/mol. The molecule has 2 rings (SSSR count). The molecule has 0 spiro atoms. The van der Waals surface area contributed by atoms with Crippen molar-refractivity contribution >= 4 is 37.4 Å². The fraction of sp³-hybridized carbons (Fsp3) is 0.417. The standard InChI is InChI=1S/C12H15BrN2O3S/c13-9-3-4-11(10(14)7-9)19(17,18)8-12(16)15-5-1-2-6-15/h3-4,7H,1-2,5-6,8,14H2. The number of hydrogen-bond acceptors (Lipinski definition) is 4. The number of sulfone groups is 1. The lowest BCUT2D eigenvalue weighted by molar-refractivity contribution is -0.127. The van der Waals surface area contributed by atoms with Crippen LogP contribution in [-0.2, 0) is 14.6 Å². The van der Waals surface area contributed by atoms with Gasteiger partial charge in [-0.05, 0) is 31.0 Å². The van der Waals surface area contributed by atoms with E-state index in [2.05, 4.69) is 15.9 Å². The van der Waals surface area contributed by atoms with Crippen molar-refractivity contribution in [2.24, 2.45) is 0 Å². The highest BCUT2D eigenvalue weighted by molar-refractivity contribution is 9.10. The normalized spacial score (nSPS) is 15.7. The van der Waals surface area contributed by atoms with Gasteiger partial charge in [0, 0.05) is 17.6 Å². The van der Waals surface area contributed by atoms with Crippen LogP contribution in [0.15, 0.2) is 27.6 Å². The van der Waals surface area contributed by atoms with Crippen molar-refractivity contribution in [2.45, 2.75) is 17.7 Å². The van der Waals surface area contributed by atoms with Crippen molar-refractivity contribution in [1.82, 2.24) is 4.90 Å². The van der Waals surface area contributed by atoms with Gasteiger partial charge in [0.15, 0.2) is 9.84 Å². The molecule has 1 aromatic carbocycles. The van der Waals surface area contributed by atoms with Crippen LogP contribution in [0.1, 0.15) is 12.8 Å². The lowest BCUT2D eigenvalue weighted by Crippen LogP contribution is -2.33. The van der Waals surface area contributed by atoms with Crippen molar-refractivity contribution in [1.29, 1.82) is 0 Å². The number of nitrogens with zero attached hydrogens (tertiary/aromatic N) is 1. The quantitative estimate of drug-likeness (QED) is 0.839. The van der Waals surface area contributed by atoms with E-state index in [1.54, 1.807) is 11.0 Å². The first-order valence-corrected chi connectivity index (χ1v) is 8.40. The van der Waals surface area contributed by atoms with Crippen LogP contribution in [-0.4, -0.2) is 38.1 Å². The van der Waals surface area contributed by atoms with Crippen LogP contribution in [0.4, 0.5) is 5.69 Å². The van der Waals surface area contributed by atoms with E-state index in [-0.39, 0.29) is 16.5 Å². The molecule has 1 amide bonds. The molecule has 1 aliphatic heterocycles. The van der Waals surface area contributed by atoms with Gasteiger partial charge in [-0.25, -0.2) is 8.42 Å². The highest BCUT2D eigenvalue weighted by Gasteiger charge is 2.26. The number of nitrogen functional groups attached to an aromatic ring is 1. The van der Waals surface area contributed by atoms with Gasteiger partial charge in [-0.2, -0.15) is 0 Å². The zero-order valence-electron chi connectivity index (χ0n) is 10.3. The summed E-state index contributed by atoms with van der Waals surface area (Å²) >= 11 is 3.22. The maximum absolute atomic E-state index is 12.2.